The molecule has 2 rings (SSSR count). The molecule has 0 aromatic heterocycles. The number of rotatable bonds is 5. The fourth-order valence-corrected chi connectivity index (χ4v) is 2.78. The predicted octanol–water partition coefficient (Wildman–Crippen LogP) is 2.53. The van der Waals surface area contributed by atoms with Crippen molar-refractivity contribution in [3.8, 4) is 0 Å². The van der Waals surface area contributed by atoms with Crippen LogP contribution in [0.4, 0.5) is 0 Å². The van der Waals surface area contributed by atoms with Crippen molar-refractivity contribution in [2.24, 2.45) is 5.41 Å². The molecule has 1 amide bonds. The fourth-order valence-electron chi connectivity index (χ4n) is 2.78. The highest BCUT2D eigenvalue weighted by atomic mass is 16.3. The van der Waals surface area contributed by atoms with Crippen LogP contribution in [0.15, 0.2) is 24.3 Å². The lowest BCUT2D eigenvalue weighted by molar-refractivity contribution is 0.0880. The number of aryl methyl sites for hydroxylation is 1. The molecule has 1 saturated carbocycles. The van der Waals surface area contributed by atoms with E-state index in [-0.39, 0.29) is 17.9 Å². The lowest BCUT2D eigenvalue weighted by atomic mass is 9.87. The summed E-state index contributed by atoms with van der Waals surface area (Å²) in [4.78, 5) is 12.1. The van der Waals surface area contributed by atoms with Crippen LogP contribution in [-0.2, 0) is 6.42 Å². The van der Waals surface area contributed by atoms with Gasteiger partial charge in [0.25, 0.3) is 5.91 Å². The summed E-state index contributed by atoms with van der Waals surface area (Å²) in [5.74, 6) is -0.0395. The molecule has 0 atom stereocenters. The largest absolute Gasteiger partial charge is 0.396 e. The van der Waals surface area contributed by atoms with E-state index >= 15 is 0 Å². The van der Waals surface area contributed by atoms with Gasteiger partial charge in [0, 0.05) is 17.5 Å². The maximum atomic E-state index is 12.1. The zero-order valence-corrected chi connectivity index (χ0v) is 11.6. The summed E-state index contributed by atoms with van der Waals surface area (Å²) in [7, 11) is 0. The first kappa shape index (κ1) is 14.1. The topological polar surface area (TPSA) is 49.3 Å². The maximum Gasteiger partial charge on any atom is 0.251 e. The van der Waals surface area contributed by atoms with E-state index < -0.39 is 0 Å². The number of hydrogen-bond donors (Lipinski definition) is 2. The highest BCUT2D eigenvalue weighted by molar-refractivity contribution is 5.94. The van der Waals surface area contributed by atoms with Gasteiger partial charge in [-0.1, -0.05) is 31.9 Å². The van der Waals surface area contributed by atoms with Crippen LogP contribution in [0, 0.1) is 5.41 Å². The van der Waals surface area contributed by atoms with Crippen LogP contribution >= 0.6 is 0 Å². The number of benzene rings is 1. The van der Waals surface area contributed by atoms with Gasteiger partial charge in [0.1, 0.15) is 0 Å². The second-order valence-corrected chi connectivity index (χ2v) is 5.60. The molecule has 2 N–H and O–H groups in total. The van der Waals surface area contributed by atoms with Gasteiger partial charge in [0.2, 0.25) is 0 Å². The van der Waals surface area contributed by atoms with Gasteiger partial charge in [-0.05, 0) is 37.0 Å². The molecule has 19 heavy (non-hydrogen) atoms. The Balaban J connectivity index is 1.93. The van der Waals surface area contributed by atoms with Crippen LogP contribution in [0.1, 0.15) is 48.5 Å². The van der Waals surface area contributed by atoms with Crippen LogP contribution in [-0.4, -0.2) is 24.2 Å². The first-order chi connectivity index (χ1) is 9.19. The number of hydrogen-bond acceptors (Lipinski definition) is 2. The van der Waals surface area contributed by atoms with Crippen molar-refractivity contribution in [3.05, 3.63) is 35.4 Å². The molecular formula is C16H23NO2. The van der Waals surface area contributed by atoms with Crippen LogP contribution < -0.4 is 5.32 Å². The average molecular weight is 261 g/mol. The highest BCUT2D eigenvalue weighted by Crippen LogP contribution is 2.36. The fraction of sp³-hybridized carbons (Fsp3) is 0.562. The molecule has 104 valence electrons. The number of aliphatic hydroxyl groups excluding tert-OH is 1. The van der Waals surface area contributed by atoms with Gasteiger partial charge in [-0.15, -0.1) is 0 Å². The summed E-state index contributed by atoms with van der Waals surface area (Å²) in [5, 5.41) is 12.5. The summed E-state index contributed by atoms with van der Waals surface area (Å²) in [5.41, 5.74) is 1.85. The Morgan fingerprint density at radius 2 is 1.89 bits per heavy atom. The first-order valence-corrected chi connectivity index (χ1v) is 7.17. The van der Waals surface area contributed by atoms with Gasteiger partial charge in [0.05, 0.1) is 6.61 Å². The number of nitrogens with one attached hydrogen (secondary N) is 1. The van der Waals surface area contributed by atoms with E-state index in [4.69, 9.17) is 0 Å². The van der Waals surface area contributed by atoms with Crippen molar-refractivity contribution in [3.63, 3.8) is 0 Å². The standard InChI is InChI=1S/C16H23NO2/c1-2-13-5-7-14(8-6-13)15(19)17-11-16(12-18)9-3-4-10-16/h5-8,18H,2-4,9-12H2,1H3,(H,17,19). The lowest BCUT2D eigenvalue weighted by Crippen LogP contribution is -2.38. The Bertz CT molecular complexity index is 419. The highest BCUT2D eigenvalue weighted by Gasteiger charge is 2.33. The van der Waals surface area contributed by atoms with Crippen molar-refractivity contribution >= 4 is 5.91 Å². The van der Waals surface area contributed by atoms with Crippen molar-refractivity contribution in [1.82, 2.24) is 5.32 Å². The van der Waals surface area contributed by atoms with Crippen LogP contribution in [0.3, 0.4) is 0 Å². The molecule has 1 fully saturated rings. The van der Waals surface area contributed by atoms with E-state index in [2.05, 4.69) is 12.2 Å². The van der Waals surface area contributed by atoms with Crippen LogP contribution in [0.25, 0.3) is 0 Å². The van der Waals surface area contributed by atoms with E-state index in [9.17, 15) is 9.90 Å². The van der Waals surface area contributed by atoms with E-state index in [1.165, 1.54) is 5.56 Å². The molecule has 1 aliphatic carbocycles. The van der Waals surface area contributed by atoms with Crippen LogP contribution in [0.2, 0.25) is 0 Å². The van der Waals surface area contributed by atoms with Gasteiger partial charge in [-0.25, -0.2) is 0 Å². The molecule has 0 aliphatic heterocycles. The Morgan fingerprint density at radius 1 is 1.26 bits per heavy atom. The quantitative estimate of drug-likeness (QED) is 0.855. The first-order valence-electron chi connectivity index (χ1n) is 7.17. The average Bonchev–Trinajstić information content (AvgIpc) is 2.94. The van der Waals surface area contributed by atoms with Gasteiger partial charge in [-0.3, -0.25) is 4.79 Å². The zero-order chi connectivity index (χ0) is 13.7. The Kier molecular flexibility index (Phi) is 4.59. The maximum absolute atomic E-state index is 12.1. The van der Waals surface area contributed by atoms with Gasteiger partial charge in [-0.2, -0.15) is 0 Å². The lowest BCUT2D eigenvalue weighted by Gasteiger charge is -2.26. The normalized spacial score (nSPS) is 17.4. The van der Waals surface area contributed by atoms with Gasteiger partial charge < -0.3 is 10.4 Å². The van der Waals surface area contributed by atoms with Crippen molar-refractivity contribution < 1.29 is 9.90 Å². The Hall–Kier alpha value is -1.35. The van der Waals surface area contributed by atoms with Crippen molar-refractivity contribution in [2.45, 2.75) is 39.0 Å². The summed E-state index contributed by atoms with van der Waals surface area (Å²) in [6.45, 7) is 2.85. The minimum absolute atomic E-state index is 0.0395. The molecule has 0 spiro atoms. The molecule has 0 unspecified atom stereocenters. The number of amides is 1. The molecule has 0 bridgehead atoms. The summed E-state index contributed by atoms with van der Waals surface area (Å²) >= 11 is 0. The van der Waals surface area contributed by atoms with E-state index in [0.717, 1.165) is 32.1 Å². The smallest absolute Gasteiger partial charge is 0.251 e. The second kappa shape index (κ2) is 6.20. The minimum Gasteiger partial charge on any atom is -0.396 e. The second-order valence-electron chi connectivity index (χ2n) is 5.60. The molecule has 0 heterocycles. The molecule has 1 aromatic carbocycles. The summed E-state index contributed by atoms with van der Waals surface area (Å²) in [6.07, 6.45) is 5.32. The third-order valence-electron chi connectivity index (χ3n) is 4.25. The van der Waals surface area contributed by atoms with Gasteiger partial charge in [0.15, 0.2) is 0 Å². The number of aliphatic hydroxyl groups is 1. The molecule has 3 nitrogen and oxygen atoms in total. The SMILES string of the molecule is CCc1ccc(C(=O)NCC2(CO)CCCC2)cc1. The number of carbonyl (C=O) groups is 1. The van der Waals surface area contributed by atoms with E-state index in [1.54, 1.807) is 0 Å². The molecular weight excluding hydrogens is 238 g/mol. The summed E-state index contributed by atoms with van der Waals surface area (Å²) < 4.78 is 0. The minimum atomic E-state index is -0.0843. The monoisotopic (exact) mass is 261 g/mol. The summed E-state index contributed by atoms with van der Waals surface area (Å²) in [6, 6.07) is 7.72. The molecule has 1 aliphatic rings. The van der Waals surface area contributed by atoms with Crippen molar-refractivity contribution in [1.29, 1.82) is 0 Å². The van der Waals surface area contributed by atoms with Crippen LogP contribution in [0.5, 0.6) is 0 Å². The third kappa shape index (κ3) is 3.35. The van der Waals surface area contributed by atoms with Gasteiger partial charge >= 0.3 is 0 Å². The predicted molar refractivity (Wildman–Crippen MR) is 76.1 cm³/mol. The van der Waals surface area contributed by atoms with E-state index in [0.29, 0.717) is 12.1 Å². The third-order valence-corrected chi connectivity index (χ3v) is 4.25. The number of carbonyl (C=O) groups excluding carboxylic acids is 1. The molecule has 0 radical (unpaired) electrons. The zero-order valence-electron chi connectivity index (χ0n) is 11.6. The molecule has 0 saturated heterocycles. The molecule has 3 heteroatoms. The van der Waals surface area contributed by atoms with Crippen molar-refractivity contribution in [2.75, 3.05) is 13.2 Å². The Labute approximate surface area is 115 Å². The van der Waals surface area contributed by atoms with E-state index in [1.807, 2.05) is 24.3 Å². The molecule has 1 aromatic rings. The Morgan fingerprint density at radius 3 is 2.42 bits per heavy atom.